The molecule has 12 atom stereocenters. The molecule has 12 unspecified atom stereocenters. The summed E-state index contributed by atoms with van der Waals surface area (Å²) in [4.78, 5) is 35.7. The predicted octanol–water partition coefficient (Wildman–Crippen LogP) is 1.55. The molecule has 4 fully saturated rings. The molecule has 0 spiro atoms. The van der Waals surface area contributed by atoms with Gasteiger partial charge in [0, 0.05) is 12.8 Å². The van der Waals surface area contributed by atoms with Gasteiger partial charge in [0.15, 0.2) is 0 Å². The number of amides is 1. The molecule has 9 nitrogen and oxygen atoms in total. The normalized spacial score (nSPS) is 42.8. The Balaban J connectivity index is 1.40. The van der Waals surface area contributed by atoms with Crippen LogP contribution in [0.15, 0.2) is 0 Å². The minimum atomic E-state index is -1.17. The Kier molecular flexibility index (Phi) is 9.21. The molecular formula is C29H49BN2O7. The number of nitrogens with two attached hydrogens (primary N) is 1. The van der Waals surface area contributed by atoms with Crippen LogP contribution < -0.4 is 11.0 Å². The molecule has 220 valence electrons. The van der Waals surface area contributed by atoms with Gasteiger partial charge in [-0.2, -0.15) is 0 Å². The summed E-state index contributed by atoms with van der Waals surface area (Å²) < 4.78 is 0. The summed E-state index contributed by atoms with van der Waals surface area (Å²) in [5.41, 5.74) is 4.75. The van der Waals surface area contributed by atoms with Gasteiger partial charge in [0.25, 0.3) is 7.41 Å². The fraction of sp³-hybridized carbons (Fsp3) is 0.897. The lowest BCUT2D eigenvalue weighted by molar-refractivity contribution is -0.207. The standard InChI is InChI=1S/C29H49BN2O7/c1-15(4-9-25(37)32-21(27(38)39)7-8-24(36)30-31)18-5-6-19-26-20(14-23(35)29(18,19)3)28(2)11-10-17(33)12-16(28)13-22(26)34/h15-23,26,30,33-35H,4-14,31H2,1-3H3,(H,32,37)(H,38,39). The van der Waals surface area contributed by atoms with E-state index >= 15 is 0 Å². The highest BCUT2D eigenvalue weighted by Crippen LogP contribution is 2.68. The average Bonchev–Trinajstić information content (AvgIpc) is 3.24. The van der Waals surface area contributed by atoms with Crippen molar-refractivity contribution in [3.63, 3.8) is 0 Å². The summed E-state index contributed by atoms with van der Waals surface area (Å²) in [6.45, 7) is 6.64. The molecule has 1 amide bonds. The Labute approximate surface area is 232 Å². The number of fused-ring (bicyclic) bond motifs is 5. The highest BCUT2D eigenvalue weighted by Gasteiger charge is 2.65. The first kappa shape index (κ1) is 30.5. The van der Waals surface area contributed by atoms with Gasteiger partial charge in [-0.3, -0.25) is 4.79 Å². The van der Waals surface area contributed by atoms with Crippen molar-refractivity contribution < 1.29 is 34.8 Å². The molecule has 4 rings (SSSR count). The lowest BCUT2D eigenvalue weighted by Gasteiger charge is -2.63. The molecule has 4 aliphatic carbocycles. The van der Waals surface area contributed by atoms with Crippen LogP contribution in [0.4, 0.5) is 0 Å². The van der Waals surface area contributed by atoms with Crippen molar-refractivity contribution in [2.75, 3.05) is 0 Å². The van der Waals surface area contributed by atoms with Crippen molar-refractivity contribution in [2.45, 2.75) is 116 Å². The quantitative estimate of drug-likeness (QED) is 0.223. The second-order valence-corrected chi connectivity index (χ2v) is 13.8. The first-order valence-corrected chi connectivity index (χ1v) is 15.1. The van der Waals surface area contributed by atoms with Gasteiger partial charge in [-0.15, -0.1) is 0 Å². The molecule has 0 aromatic carbocycles. The van der Waals surface area contributed by atoms with E-state index in [-0.39, 0.29) is 90.7 Å². The molecule has 7 N–H and O–H groups in total. The lowest BCUT2D eigenvalue weighted by atomic mass is 9.43. The van der Waals surface area contributed by atoms with Gasteiger partial charge >= 0.3 is 5.97 Å². The van der Waals surface area contributed by atoms with Crippen LogP contribution in [0.3, 0.4) is 0 Å². The minimum absolute atomic E-state index is 0.0121. The maximum atomic E-state index is 12.7. The van der Waals surface area contributed by atoms with Gasteiger partial charge in [0.1, 0.15) is 11.7 Å². The highest BCUT2D eigenvalue weighted by atomic mass is 16.4. The zero-order valence-electron chi connectivity index (χ0n) is 23.8. The number of carboxylic acids is 1. The summed E-state index contributed by atoms with van der Waals surface area (Å²) in [5, 5.41) is 45.4. The average molecular weight is 549 g/mol. The van der Waals surface area contributed by atoms with Crippen LogP contribution in [0, 0.1) is 46.3 Å². The first-order chi connectivity index (χ1) is 18.3. The van der Waals surface area contributed by atoms with Crippen LogP contribution in [0.5, 0.6) is 0 Å². The van der Waals surface area contributed by atoms with Crippen LogP contribution in [0.25, 0.3) is 0 Å². The predicted molar refractivity (Wildman–Crippen MR) is 148 cm³/mol. The Bertz CT molecular complexity index is 935. The second-order valence-electron chi connectivity index (χ2n) is 13.8. The summed E-state index contributed by atoms with van der Waals surface area (Å²) >= 11 is 0. The number of carbonyl (C=O) groups is 3. The van der Waals surface area contributed by atoms with Crippen molar-refractivity contribution in [2.24, 2.45) is 52.0 Å². The van der Waals surface area contributed by atoms with Crippen molar-refractivity contribution in [3.8, 4) is 0 Å². The van der Waals surface area contributed by atoms with Crippen LogP contribution >= 0.6 is 0 Å². The van der Waals surface area contributed by atoms with E-state index in [1.807, 2.05) is 0 Å². The van der Waals surface area contributed by atoms with Crippen molar-refractivity contribution >= 4 is 25.0 Å². The van der Waals surface area contributed by atoms with E-state index in [1.54, 1.807) is 0 Å². The Morgan fingerprint density at radius 2 is 1.72 bits per heavy atom. The Morgan fingerprint density at radius 1 is 1.00 bits per heavy atom. The third-order valence-electron chi connectivity index (χ3n) is 11.9. The Hall–Kier alpha value is -1.49. The lowest BCUT2D eigenvalue weighted by Crippen LogP contribution is -2.62. The van der Waals surface area contributed by atoms with E-state index < -0.39 is 24.2 Å². The molecule has 0 heterocycles. The fourth-order valence-electron chi connectivity index (χ4n) is 9.62. The van der Waals surface area contributed by atoms with Gasteiger partial charge in [0.05, 0.1) is 18.3 Å². The second kappa shape index (κ2) is 11.8. The topological polar surface area (TPSA) is 170 Å². The molecule has 0 bridgehead atoms. The molecular weight excluding hydrogens is 499 g/mol. The van der Waals surface area contributed by atoms with Crippen LogP contribution in [0.2, 0.25) is 0 Å². The van der Waals surface area contributed by atoms with E-state index in [9.17, 15) is 34.8 Å². The number of aliphatic hydroxyl groups excluding tert-OH is 3. The minimum Gasteiger partial charge on any atom is -0.480 e. The van der Waals surface area contributed by atoms with Crippen molar-refractivity contribution in [1.82, 2.24) is 5.32 Å². The number of carboxylic acid groups (broad SMARTS) is 1. The van der Waals surface area contributed by atoms with E-state index in [4.69, 9.17) is 5.64 Å². The number of hydrogen-bond donors (Lipinski definition) is 6. The highest BCUT2D eigenvalue weighted by molar-refractivity contribution is 6.71. The maximum Gasteiger partial charge on any atom is 0.326 e. The molecule has 0 aliphatic heterocycles. The SMILES string of the molecule is CC(CCC(=O)NC(CCC(=O)BN)C(=O)O)C1CCC2C3C(O)CC4CC(O)CCC4(C)C3CC(O)C12C. The van der Waals surface area contributed by atoms with Crippen molar-refractivity contribution in [1.29, 1.82) is 0 Å². The van der Waals surface area contributed by atoms with E-state index in [0.717, 1.165) is 38.5 Å². The number of nitrogens with one attached hydrogen (secondary N) is 1. The number of carbonyl (C=O) groups excluding carboxylic acids is 2. The number of hydrogen-bond acceptors (Lipinski definition) is 7. The smallest absolute Gasteiger partial charge is 0.326 e. The monoisotopic (exact) mass is 548 g/mol. The molecule has 4 saturated carbocycles. The molecule has 0 aromatic heterocycles. The van der Waals surface area contributed by atoms with E-state index in [0.29, 0.717) is 12.8 Å². The van der Waals surface area contributed by atoms with Crippen LogP contribution in [-0.4, -0.2) is 69.8 Å². The van der Waals surface area contributed by atoms with E-state index in [2.05, 4.69) is 26.1 Å². The van der Waals surface area contributed by atoms with Gasteiger partial charge in [-0.1, -0.05) is 20.8 Å². The summed E-state index contributed by atoms with van der Waals surface area (Å²) in [7, 11) is -0.146. The Morgan fingerprint density at radius 3 is 2.38 bits per heavy atom. The fourth-order valence-corrected chi connectivity index (χ4v) is 9.62. The van der Waals surface area contributed by atoms with Gasteiger partial charge < -0.3 is 36.2 Å². The summed E-state index contributed by atoms with van der Waals surface area (Å²) in [6.07, 6.45) is 5.34. The third kappa shape index (κ3) is 5.68. The largest absolute Gasteiger partial charge is 0.480 e. The summed E-state index contributed by atoms with van der Waals surface area (Å²) in [6, 6.07) is -1.12. The van der Waals surface area contributed by atoms with Gasteiger partial charge in [0.2, 0.25) is 5.91 Å². The zero-order valence-corrected chi connectivity index (χ0v) is 23.8. The molecule has 0 saturated heterocycles. The summed E-state index contributed by atoms with van der Waals surface area (Å²) in [5.74, 6) is -0.284. The number of aliphatic hydroxyl groups is 3. The van der Waals surface area contributed by atoms with Gasteiger partial charge in [-0.25, -0.2) is 4.79 Å². The molecule has 10 heteroatoms. The number of rotatable bonds is 10. The van der Waals surface area contributed by atoms with Gasteiger partial charge in [-0.05, 0) is 104 Å². The van der Waals surface area contributed by atoms with Crippen molar-refractivity contribution in [3.05, 3.63) is 0 Å². The van der Waals surface area contributed by atoms with E-state index in [1.165, 1.54) is 0 Å². The molecule has 0 aromatic rings. The molecule has 4 aliphatic rings. The van der Waals surface area contributed by atoms with Crippen LogP contribution in [-0.2, 0) is 14.4 Å². The maximum absolute atomic E-state index is 12.7. The van der Waals surface area contributed by atoms with Crippen LogP contribution in [0.1, 0.15) is 91.4 Å². The third-order valence-corrected chi connectivity index (χ3v) is 11.9. The number of aliphatic carboxylic acids is 1. The molecule has 39 heavy (non-hydrogen) atoms. The molecule has 0 radical (unpaired) electrons. The first-order valence-electron chi connectivity index (χ1n) is 15.1. The zero-order chi connectivity index (χ0) is 28.7.